The van der Waals surface area contributed by atoms with Crippen molar-refractivity contribution < 1.29 is 8.83 Å². The molecule has 146 valence electrons. The first-order valence-electron chi connectivity index (χ1n) is 9.78. The third-order valence-corrected chi connectivity index (χ3v) is 4.75. The van der Waals surface area contributed by atoms with Gasteiger partial charge in [-0.2, -0.15) is 0 Å². The maximum Gasteiger partial charge on any atom is 0.245 e. The molecule has 5 nitrogen and oxygen atoms in total. The van der Waals surface area contributed by atoms with Gasteiger partial charge in [0.1, 0.15) is 23.9 Å². The van der Waals surface area contributed by atoms with E-state index in [2.05, 4.69) is 39.2 Å². The second kappa shape index (κ2) is 8.17. The van der Waals surface area contributed by atoms with Gasteiger partial charge in [-0.05, 0) is 23.3 Å². The minimum atomic E-state index is 0.485. The summed E-state index contributed by atoms with van der Waals surface area (Å²) in [5.74, 6) is 0.970. The monoisotopic (exact) mass is 393 g/mol. The van der Waals surface area contributed by atoms with Crippen LogP contribution in [0.15, 0.2) is 100 Å². The Hall–Kier alpha value is -3.99. The molecule has 0 aliphatic rings. The van der Waals surface area contributed by atoms with Crippen molar-refractivity contribution in [2.24, 2.45) is 0 Å². The molecule has 0 amide bonds. The van der Waals surface area contributed by atoms with E-state index in [1.54, 1.807) is 12.5 Å². The van der Waals surface area contributed by atoms with E-state index in [-0.39, 0.29) is 0 Å². The second-order valence-corrected chi connectivity index (χ2v) is 7.02. The van der Waals surface area contributed by atoms with Crippen LogP contribution in [0.4, 0.5) is 0 Å². The fourth-order valence-electron chi connectivity index (χ4n) is 3.29. The number of hydrogen-bond acceptors (Lipinski definition) is 5. The normalized spacial score (nSPS) is 10.9. The summed E-state index contributed by atoms with van der Waals surface area (Å²) in [5, 5.41) is 0. The lowest BCUT2D eigenvalue weighted by Crippen LogP contribution is -1.91. The summed E-state index contributed by atoms with van der Waals surface area (Å²) < 4.78 is 11.3. The average molecular weight is 393 g/mol. The highest BCUT2D eigenvalue weighted by molar-refractivity contribution is 5.55. The number of nitrogens with zero attached hydrogens (tertiary/aromatic N) is 3. The standard InChI is InChI=1S/C25H19N3O2/c1-3-8-18(9-4-1)14-20-16-29-24(26-20)22-12-7-13-23(28-22)25-27-21(17-30-25)15-19-10-5-2-6-11-19/h1-13,16-17H,14-15H2. The quantitative estimate of drug-likeness (QED) is 0.377. The van der Waals surface area contributed by atoms with Crippen LogP contribution in [0.1, 0.15) is 22.5 Å². The Morgan fingerprint density at radius 3 is 1.43 bits per heavy atom. The summed E-state index contributed by atoms with van der Waals surface area (Å²) in [6.07, 6.45) is 4.79. The Labute approximate surface area is 174 Å². The Balaban J connectivity index is 1.35. The maximum absolute atomic E-state index is 5.67. The van der Waals surface area contributed by atoms with Gasteiger partial charge in [-0.1, -0.05) is 66.7 Å². The average Bonchev–Trinajstić information content (AvgIpc) is 3.45. The molecular formula is C25H19N3O2. The van der Waals surface area contributed by atoms with Crippen LogP contribution in [0.25, 0.3) is 23.2 Å². The predicted octanol–water partition coefficient (Wildman–Crippen LogP) is 5.57. The number of hydrogen-bond donors (Lipinski definition) is 0. The Morgan fingerprint density at radius 2 is 0.967 bits per heavy atom. The molecule has 0 bridgehead atoms. The van der Waals surface area contributed by atoms with Crippen molar-refractivity contribution in [1.82, 2.24) is 15.0 Å². The first-order valence-corrected chi connectivity index (χ1v) is 9.78. The van der Waals surface area contributed by atoms with Gasteiger partial charge in [-0.3, -0.25) is 0 Å². The molecule has 5 heteroatoms. The van der Waals surface area contributed by atoms with Crippen LogP contribution in [0.3, 0.4) is 0 Å². The minimum Gasteiger partial charge on any atom is -0.443 e. The van der Waals surface area contributed by atoms with E-state index in [1.165, 1.54) is 11.1 Å². The zero-order valence-corrected chi connectivity index (χ0v) is 16.2. The van der Waals surface area contributed by atoms with Gasteiger partial charge >= 0.3 is 0 Å². The van der Waals surface area contributed by atoms with Crippen molar-refractivity contribution in [3.05, 3.63) is 114 Å². The minimum absolute atomic E-state index is 0.485. The molecule has 5 rings (SSSR count). The van der Waals surface area contributed by atoms with Gasteiger partial charge in [-0.15, -0.1) is 0 Å². The second-order valence-electron chi connectivity index (χ2n) is 7.02. The van der Waals surface area contributed by atoms with Crippen molar-refractivity contribution >= 4 is 0 Å². The van der Waals surface area contributed by atoms with E-state index < -0.39 is 0 Å². The van der Waals surface area contributed by atoms with E-state index in [4.69, 9.17) is 8.83 Å². The first kappa shape index (κ1) is 18.1. The summed E-state index contributed by atoms with van der Waals surface area (Å²) in [4.78, 5) is 13.8. The summed E-state index contributed by atoms with van der Waals surface area (Å²) in [7, 11) is 0. The van der Waals surface area contributed by atoms with Crippen molar-refractivity contribution in [3.8, 4) is 23.2 Å². The van der Waals surface area contributed by atoms with Crippen LogP contribution >= 0.6 is 0 Å². The van der Waals surface area contributed by atoms with Gasteiger partial charge in [0.15, 0.2) is 0 Å². The topological polar surface area (TPSA) is 65.0 Å². The van der Waals surface area contributed by atoms with Gasteiger partial charge in [0.2, 0.25) is 11.8 Å². The summed E-state index contributed by atoms with van der Waals surface area (Å²) in [5.41, 5.74) is 5.40. The fraction of sp³-hybridized carbons (Fsp3) is 0.0800. The molecule has 3 heterocycles. The molecule has 0 saturated carbocycles. The SMILES string of the molecule is c1ccc(Cc2coc(-c3cccc(-c4nc(Cc5ccccc5)co4)n3)n2)cc1. The highest BCUT2D eigenvalue weighted by atomic mass is 16.3. The third-order valence-electron chi connectivity index (χ3n) is 4.75. The van der Waals surface area contributed by atoms with Crippen LogP contribution in [0.5, 0.6) is 0 Å². The van der Waals surface area contributed by atoms with Crippen LogP contribution in [0, 0.1) is 0 Å². The first-order chi connectivity index (χ1) is 14.8. The molecule has 0 aliphatic heterocycles. The summed E-state index contributed by atoms with van der Waals surface area (Å²) >= 11 is 0. The van der Waals surface area contributed by atoms with Crippen molar-refractivity contribution in [2.45, 2.75) is 12.8 Å². The summed E-state index contributed by atoms with van der Waals surface area (Å²) in [6, 6.07) is 26.0. The van der Waals surface area contributed by atoms with E-state index >= 15 is 0 Å². The van der Waals surface area contributed by atoms with E-state index in [0.717, 1.165) is 11.4 Å². The number of pyridine rings is 1. The molecule has 0 fully saturated rings. The van der Waals surface area contributed by atoms with Gasteiger partial charge < -0.3 is 8.83 Å². The number of benzene rings is 2. The Morgan fingerprint density at radius 1 is 0.500 bits per heavy atom. The number of aromatic nitrogens is 3. The lowest BCUT2D eigenvalue weighted by atomic mass is 10.1. The molecule has 0 saturated heterocycles. The van der Waals surface area contributed by atoms with Gasteiger partial charge in [0, 0.05) is 12.8 Å². The fourth-order valence-corrected chi connectivity index (χ4v) is 3.29. The Kier molecular flexibility index (Phi) is 4.92. The molecule has 2 aromatic carbocycles. The number of oxazole rings is 2. The zero-order chi connectivity index (χ0) is 20.2. The largest absolute Gasteiger partial charge is 0.443 e. The van der Waals surface area contributed by atoms with Gasteiger partial charge in [0.05, 0.1) is 11.4 Å². The van der Waals surface area contributed by atoms with Gasteiger partial charge in [0.25, 0.3) is 0 Å². The molecule has 5 aromatic rings. The van der Waals surface area contributed by atoms with E-state index in [0.29, 0.717) is 36.0 Å². The van der Waals surface area contributed by atoms with Crippen LogP contribution in [0.2, 0.25) is 0 Å². The summed E-state index contributed by atoms with van der Waals surface area (Å²) in [6.45, 7) is 0. The van der Waals surface area contributed by atoms with E-state index in [9.17, 15) is 0 Å². The molecule has 0 spiro atoms. The van der Waals surface area contributed by atoms with Crippen LogP contribution in [-0.4, -0.2) is 15.0 Å². The number of rotatable bonds is 6. The van der Waals surface area contributed by atoms with E-state index in [1.807, 2.05) is 54.6 Å². The van der Waals surface area contributed by atoms with Crippen molar-refractivity contribution in [2.75, 3.05) is 0 Å². The molecule has 0 aliphatic carbocycles. The molecule has 30 heavy (non-hydrogen) atoms. The Bertz CT molecular complexity index is 1150. The zero-order valence-electron chi connectivity index (χ0n) is 16.2. The smallest absolute Gasteiger partial charge is 0.245 e. The lowest BCUT2D eigenvalue weighted by molar-refractivity contribution is 0.566. The van der Waals surface area contributed by atoms with Crippen LogP contribution in [-0.2, 0) is 12.8 Å². The maximum atomic E-state index is 5.67. The molecule has 0 unspecified atom stereocenters. The predicted molar refractivity (Wildman–Crippen MR) is 114 cm³/mol. The third kappa shape index (κ3) is 4.05. The lowest BCUT2D eigenvalue weighted by Gasteiger charge is -1.98. The highest BCUT2D eigenvalue weighted by Crippen LogP contribution is 2.23. The molecule has 0 atom stereocenters. The molecule has 0 N–H and O–H groups in total. The van der Waals surface area contributed by atoms with Crippen molar-refractivity contribution in [3.63, 3.8) is 0 Å². The molecular weight excluding hydrogens is 374 g/mol. The van der Waals surface area contributed by atoms with Gasteiger partial charge in [-0.25, -0.2) is 15.0 Å². The van der Waals surface area contributed by atoms with Crippen molar-refractivity contribution in [1.29, 1.82) is 0 Å². The molecule has 0 radical (unpaired) electrons. The van der Waals surface area contributed by atoms with Crippen LogP contribution < -0.4 is 0 Å². The highest BCUT2D eigenvalue weighted by Gasteiger charge is 2.13. The molecule has 3 aromatic heterocycles.